The van der Waals surface area contributed by atoms with E-state index in [4.69, 9.17) is 5.26 Å². The Kier molecular flexibility index (Phi) is 4.86. The molecule has 0 aliphatic heterocycles. The number of nitrogens with zero attached hydrogens (tertiary/aromatic N) is 1. The van der Waals surface area contributed by atoms with Crippen LogP contribution < -0.4 is 0 Å². The maximum absolute atomic E-state index is 11.8. The van der Waals surface area contributed by atoms with Gasteiger partial charge < -0.3 is 4.74 Å². The molecule has 1 aromatic rings. The molecule has 0 spiro atoms. The Bertz CT molecular complexity index is 572. The summed E-state index contributed by atoms with van der Waals surface area (Å²) in [6.45, 7) is 0. The van der Waals surface area contributed by atoms with Gasteiger partial charge in [-0.15, -0.1) is 0 Å². The van der Waals surface area contributed by atoms with Gasteiger partial charge in [0, 0.05) is 0 Å². The molecule has 18 heavy (non-hydrogen) atoms. The second-order valence-electron chi connectivity index (χ2n) is 3.69. The van der Waals surface area contributed by atoms with Crippen LogP contribution in [-0.2, 0) is 25.1 Å². The highest BCUT2D eigenvalue weighted by Gasteiger charge is 2.16. The summed E-state index contributed by atoms with van der Waals surface area (Å²) < 4.78 is 27.9. The average molecular weight is 267 g/mol. The molecule has 96 valence electrons. The fraction of sp³-hybridized carbons (Fsp3) is 0.333. The lowest BCUT2D eigenvalue weighted by Crippen LogP contribution is -2.14. The molecule has 6 heteroatoms. The Morgan fingerprint density at radius 3 is 2.67 bits per heavy atom. The van der Waals surface area contributed by atoms with Crippen molar-refractivity contribution in [3.8, 4) is 6.07 Å². The quantitative estimate of drug-likeness (QED) is 0.744. The number of nitriles is 1. The Morgan fingerprint density at radius 1 is 1.39 bits per heavy atom. The van der Waals surface area contributed by atoms with E-state index in [1.54, 1.807) is 24.3 Å². The van der Waals surface area contributed by atoms with E-state index in [-0.39, 0.29) is 17.9 Å². The van der Waals surface area contributed by atoms with E-state index in [1.807, 2.05) is 6.07 Å². The number of carbonyl (C=O) groups is 1. The standard InChI is InChI=1S/C12H13NO4S/c1-17-12(14)6-7-18(15,16)9-11-5-3-2-4-10(11)8-13/h2-5H,6-7,9H2,1H3. The second-order valence-corrected chi connectivity index (χ2v) is 5.87. The number of carbonyl (C=O) groups excluding carboxylic acids is 1. The monoisotopic (exact) mass is 267 g/mol. The van der Waals surface area contributed by atoms with Crippen molar-refractivity contribution in [2.24, 2.45) is 0 Å². The van der Waals surface area contributed by atoms with E-state index in [0.29, 0.717) is 11.1 Å². The minimum Gasteiger partial charge on any atom is -0.469 e. The first-order valence-electron chi connectivity index (χ1n) is 5.24. The molecule has 0 saturated carbocycles. The topological polar surface area (TPSA) is 84.2 Å². The Morgan fingerprint density at radius 2 is 2.06 bits per heavy atom. The molecule has 0 heterocycles. The van der Waals surface area contributed by atoms with Gasteiger partial charge in [-0.25, -0.2) is 8.42 Å². The summed E-state index contributed by atoms with van der Waals surface area (Å²) in [6, 6.07) is 8.43. The van der Waals surface area contributed by atoms with Crippen molar-refractivity contribution in [2.45, 2.75) is 12.2 Å². The molecule has 0 amide bonds. The molecular weight excluding hydrogens is 254 g/mol. The number of hydrogen-bond acceptors (Lipinski definition) is 5. The van der Waals surface area contributed by atoms with Crippen LogP contribution in [0.25, 0.3) is 0 Å². The van der Waals surface area contributed by atoms with Crippen LogP contribution in [0, 0.1) is 11.3 Å². The van der Waals surface area contributed by atoms with Gasteiger partial charge in [-0.05, 0) is 11.6 Å². The summed E-state index contributed by atoms with van der Waals surface area (Å²) in [5.74, 6) is -1.08. The number of methoxy groups -OCH3 is 1. The van der Waals surface area contributed by atoms with E-state index >= 15 is 0 Å². The van der Waals surface area contributed by atoms with Crippen LogP contribution in [0.3, 0.4) is 0 Å². The summed E-state index contributed by atoms with van der Waals surface area (Å²) in [7, 11) is -2.22. The Labute approximate surface area is 106 Å². The summed E-state index contributed by atoms with van der Waals surface area (Å²) in [6.07, 6.45) is -0.173. The first-order chi connectivity index (χ1) is 8.48. The third-order valence-corrected chi connectivity index (χ3v) is 3.94. The van der Waals surface area contributed by atoms with Crippen LogP contribution in [0.4, 0.5) is 0 Å². The van der Waals surface area contributed by atoms with Crippen LogP contribution in [0.5, 0.6) is 0 Å². The van der Waals surface area contributed by atoms with Gasteiger partial charge in [0.05, 0.1) is 36.7 Å². The molecule has 0 aromatic heterocycles. The van der Waals surface area contributed by atoms with Gasteiger partial charge in [-0.2, -0.15) is 5.26 Å². The van der Waals surface area contributed by atoms with Gasteiger partial charge in [0.1, 0.15) is 0 Å². The summed E-state index contributed by atoms with van der Waals surface area (Å²) in [5.41, 5.74) is 0.781. The van der Waals surface area contributed by atoms with Crippen LogP contribution in [0.1, 0.15) is 17.5 Å². The number of sulfone groups is 1. The van der Waals surface area contributed by atoms with Gasteiger partial charge in [0.15, 0.2) is 9.84 Å². The lowest BCUT2D eigenvalue weighted by atomic mass is 10.1. The van der Waals surface area contributed by atoms with E-state index in [9.17, 15) is 13.2 Å². The van der Waals surface area contributed by atoms with Crippen LogP contribution in [-0.4, -0.2) is 27.2 Å². The number of esters is 1. The maximum Gasteiger partial charge on any atom is 0.306 e. The second kappa shape index (κ2) is 6.17. The zero-order valence-electron chi connectivity index (χ0n) is 9.92. The van der Waals surface area contributed by atoms with Crippen molar-refractivity contribution >= 4 is 15.8 Å². The first-order valence-corrected chi connectivity index (χ1v) is 7.06. The van der Waals surface area contributed by atoms with E-state index in [0.717, 1.165) is 0 Å². The number of ether oxygens (including phenoxy) is 1. The molecule has 0 N–H and O–H groups in total. The van der Waals surface area contributed by atoms with Crippen molar-refractivity contribution in [2.75, 3.05) is 12.9 Å². The average Bonchev–Trinajstić information content (AvgIpc) is 2.36. The number of hydrogen-bond donors (Lipinski definition) is 0. The van der Waals surface area contributed by atoms with Gasteiger partial charge in [0.25, 0.3) is 0 Å². The molecular formula is C12H13NO4S. The third kappa shape index (κ3) is 4.18. The molecule has 0 saturated heterocycles. The lowest BCUT2D eigenvalue weighted by Gasteiger charge is -2.05. The van der Waals surface area contributed by atoms with Crippen molar-refractivity contribution in [1.82, 2.24) is 0 Å². The van der Waals surface area contributed by atoms with Crippen molar-refractivity contribution in [1.29, 1.82) is 5.26 Å². The SMILES string of the molecule is COC(=O)CCS(=O)(=O)Cc1ccccc1C#N. The van der Waals surface area contributed by atoms with Gasteiger partial charge in [-0.3, -0.25) is 4.79 Å². The summed E-state index contributed by atoms with van der Waals surface area (Å²) in [4.78, 5) is 10.9. The molecule has 1 rings (SSSR count). The zero-order chi connectivity index (χ0) is 13.6. The van der Waals surface area contributed by atoms with Gasteiger partial charge >= 0.3 is 5.97 Å². The van der Waals surface area contributed by atoms with Crippen LogP contribution >= 0.6 is 0 Å². The maximum atomic E-state index is 11.8. The fourth-order valence-electron chi connectivity index (χ4n) is 1.41. The molecule has 0 atom stereocenters. The lowest BCUT2D eigenvalue weighted by molar-refractivity contribution is -0.140. The smallest absolute Gasteiger partial charge is 0.306 e. The molecule has 0 bridgehead atoms. The first kappa shape index (κ1) is 14.2. The highest BCUT2D eigenvalue weighted by molar-refractivity contribution is 7.90. The van der Waals surface area contributed by atoms with Crippen LogP contribution in [0.2, 0.25) is 0 Å². The molecule has 0 radical (unpaired) electrons. The van der Waals surface area contributed by atoms with E-state index in [1.165, 1.54) is 7.11 Å². The number of rotatable bonds is 5. The highest BCUT2D eigenvalue weighted by Crippen LogP contribution is 2.12. The normalized spacial score (nSPS) is 10.7. The molecule has 0 fully saturated rings. The highest BCUT2D eigenvalue weighted by atomic mass is 32.2. The Balaban J connectivity index is 2.77. The van der Waals surface area contributed by atoms with Gasteiger partial charge in [-0.1, -0.05) is 18.2 Å². The predicted molar refractivity (Wildman–Crippen MR) is 65.3 cm³/mol. The number of benzene rings is 1. The van der Waals surface area contributed by atoms with E-state index in [2.05, 4.69) is 4.74 Å². The minimum absolute atomic E-state index is 0.173. The molecule has 0 aliphatic rings. The molecule has 5 nitrogen and oxygen atoms in total. The van der Waals surface area contributed by atoms with Crippen molar-refractivity contribution in [3.63, 3.8) is 0 Å². The van der Waals surface area contributed by atoms with E-state index < -0.39 is 15.8 Å². The van der Waals surface area contributed by atoms with Crippen LogP contribution in [0.15, 0.2) is 24.3 Å². The predicted octanol–water partition coefficient (Wildman–Crippen LogP) is 1.04. The summed E-state index contributed by atoms with van der Waals surface area (Å²) >= 11 is 0. The van der Waals surface area contributed by atoms with Gasteiger partial charge in [0.2, 0.25) is 0 Å². The summed E-state index contributed by atoms with van der Waals surface area (Å²) in [5, 5.41) is 8.85. The van der Waals surface area contributed by atoms with Crippen molar-refractivity contribution in [3.05, 3.63) is 35.4 Å². The molecule has 1 aromatic carbocycles. The largest absolute Gasteiger partial charge is 0.469 e. The minimum atomic E-state index is -3.42. The Hall–Kier alpha value is -1.87. The molecule has 0 aliphatic carbocycles. The fourth-order valence-corrected chi connectivity index (χ4v) is 2.75. The van der Waals surface area contributed by atoms with Crippen molar-refractivity contribution < 1.29 is 17.9 Å². The molecule has 0 unspecified atom stereocenters. The zero-order valence-corrected chi connectivity index (χ0v) is 10.7. The third-order valence-electron chi connectivity index (χ3n) is 2.36.